The molecule has 0 radical (unpaired) electrons. The van der Waals surface area contributed by atoms with Crippen LogP contribution in [0.25, 0.3) is 0 Å². The van der Waals surface area contributed by atoms with E-state index in [1.54, 1.807) is 0 Å². The van der Waals surface area contributed by atoms with Crippen molar-refractivity contribution >= 4 is 11.6 Å². The molecule has 0 spiro atoms. The van der Waals surface area contributed by atoms with Gasteiger partial charge >= 0.3 is 0 Å². The van der Waals surface area contributed by atoms with Crippen molar-refractivity contribution in [2.24, 2.45) is 11.8 Å². The Morgan fingerprint density at radius 2 is 1.34 bits per heavy atom. The van der Waals surface area contributed by atoms with Crippen LogP contribution in [0.2, 0.25) is 5.02 Å². The smallest absolute Gasteiger partial charge is 0.0408 e. The summed E-state index contributed by atoms with van der Waals surface area (Å²) in [7, 11) is 0. The molecule has 3 atom stereocenters. The van der Waals surface area contributed by atoms with Gasteiger partial charge in [0.25, 0.3) is 0 Å². The largest absolute Gasteiger partial charge is 0.0872 e. The van der Waals surface area contributed by atoms with Crippen molar-refractivity contribution in [2.45, 2.75) is 80.6 Å². The molecule has 0 saturated carbocycles. The lowest BCUT2D eigenvalue weighted by atomic mass is 9.82. The van der Waals surface area contributed by atoms with Gasteiger partial charge in [-0.05, 0) is 42.0 Å². The third-order valence-electron chi connectivity index (χ3n) is 5.76. The predicted molar refractivity (Wildman–Crippen MR) is 134 cm³/mol. The fraction of sp³-hybridized carbons (Fsp3) is 0.500. The van der Waals surface area contributed by atoms with E-state index in [2.05, 4.69) is 97.0 Å². The van der Waals surface area contributed by atoms with E-state index in [-0.39, 0.29) is 0 Å². The van der Waals surface area contributed by atoms with Crippen LogP contribution < -0.4 is 0 Å². The zero-order chi connectivity index (χ0) is 22.4. The van der Waals surface area contributed by atoms with Crippen molar-refractivity contribution in [3.63, 3.8) is 0 Å². The number of rotatable bonds is 6. The average Bonchev–Trinajstić information content (AvgIpc) is 2.75. The monoisotopic (exact) mass is 414 g/mol. The summed E-state index contributed by atoms with van der Waals surface area (Å²) in [5.74, 6) is 2.55. The maximum atomic E-state index is 6.11. The van der Waals surface area contributed by atoms with Gasteiger partial charge in [-0.3, -0.25) is 0 Å². The van der Waals surface area contributed by atoms with Crippen LogP contribution in [0.5, 0.6) is 0 Å². The van der Waals surface area contributed by atoms with E-state index in [0.717, 1.165) is 16.9 Å². The lowest BCUT2D eigenvalue weighted by Gasteiger charge is -2.23. The summed E-state index contributed by atoms with van der Waals surface area (Å²) in [6.45, 7) is 19.7. The van der Waals surface area contributed by atoms with Gasteiger partial charge in [0.15, 0.2) is 0 Å². The van der Waals surface area contributed by atoms with Gasteiger partial charge < -0.3 is 0 Å². The van der Waals surface area contributed by atoms with Crippen LogP contribution in [-0.4, -0.2) is 0 Å². The summed E-state index contributed by atoms with van der Waals surface area (Å²) in [6.07, 6.45) is 3.56. The maximum Gasteiger partial charge on any atom is 0.0408 e. The summed E-state index contributed by atoms with van der Waals surface area (Å²) in [5, 5.41) is 0.803. The highest BCUT2D eigenvalue weighted by Gasteiger charge is 2.18. The van der Waals surface area contributed by atoms with Gasteiger partial charge in [0.05, 0.1) is 0 Å². The van der Waals surface area contributed by atoms with Gasteiger partial charge in [-0.25, -0.2) is 0 Å². The first-order valence-electron chi connectivity index (χ1n) is 11.3. The molecule has 0 aliphatic rings. The fourth-order valence-electron chi connectivity index (χ4n) is 3.25. The Balaban J connectivity index is 0.000000740. The molecule has 0 bridgehead atoms. The van der Waals surface area contributed by atoms with Gasteiger partial charge in [0.2, 0.25) is 0 Å². The molecule has 0 N–H and O–H groups in total. The standard InChI is InChI=1S/C19H21Cl.C7H16.C2H6/c1-4-19(14(2)16-9-6-5-7-10-16)15(3)17-11-8-12-18(20)13-17;1-5-7(4)6(2)3;1-2/h4-15H,1-3H3;6-7H,5H2,1-4H3;1-2H3/b19-4-;;/t14-,15?;;/m1../s1. The summed E-state index contributed by atoms with van der Waals surface area (Å²) < 4.78 is 0. The fourth-order valence-corrected chi connectivity index (χ4v) is 3.45. The minimum atomic E-state index is 0.369. The Kier molecular flexibility index (Phi) is 14.5. The van der Waals surface area contributed by atoms with Crippen LogP contribution in [-0.2, 0) is 0 Å². The molecule has 2 aromatic carbocycles. The van der Waals surface area contributed by atoms with E-state index >= 15 is 0 Å². The molecular weight excluding hydrogens is 372 g/mol. The third-order valence-corrected chi connectivity index (χ3v) is 6.00. The molecule has 0 saturated heterocycles. The lowest BCUT2D eigenvalue weighted by molar-refractivity contribution is 0.407. The molecule has 1 heteroatoms. The van der Waals surface area contributed by atoms with Crippen molar-refractivity contribution in [3.8, 4) is 0 Å². The molecule has 0 nitrogen and oxygen atoms in total. The third kappa shape index (κ3) is 9.68. The highest BCUT2D eigenvalue weighted by atomic mass is 35.5. The zero-order valence-electron chi connectivity index (χ0n) is 20.2. The van der Waals surface area contributed by atoms with E-state index in [9.17, 15) is 0 Å². The van der Waals surface area contributed by atoms with Crippen molar-refractivity contribution in [3.05, 3.63) is 82.4 Å². The first-order chi connectivity index (χ1) is 13.8. The Morgan fingerprint density at radius 3 is 1.76 bits per heavy atom. The number of hydrogen-bond acceptors (Lipinski definition) is 0. The molecule has 29 heavy (non-hydrogen) atoms. The van der Waals surface area contributed by atoms with Crippen molar-refractivity contribution < 1.29 is 0 Å². The molecule has 0 aliphatic carbocycles. The minimum absolute atomic E-state index is 0.369. The minimum Gasteiger partial charge on any atom is -0.0872 e. The van der Waals surface area contributed by atoms with Gasteiger partial charge in [-0.1, -0.05) is 128 Å². The Labute approximate surface area is 186 Å². The molecule has 2 rings (SSSR count). The lowest BCUT2D eigenvalue weighted by Crippen LogP contribution is -2.06. The summed E-state index contributed by atoms with van der Waals surface area (Å²) in [4.78, 5) is 0. The van der Waals surface area contributed by atoms with Gasteiger partial charge in [0.1, 0.15) is 0 Å². The number of allylic oxidation sites excluding steroid dienone is 2. The molecule has 0 aromatic heterocycles. The summed E-state index contributed by atoms with van der Waals surface area (Å²) >= 11 is 6.11. The second-order valence-electron chi connectivity index (χ2n) is 7.83. The van der Waals surface area contributed by atoms with Gasteiger partial charge in [-0.15, -0.1) is 0 Å². The molecule has 0 amide bonds. The number of hydrogen-bond donors (Lipinski definition) is 0. The van der Waals surface area contributed by atoms with E-state index in [1.807, 2.05) is 26.0 Å². The first-order valence-corrected chi connectivity index (χ1v) is 11.7. The summed E-state index contributed by atoms with van der Waals surface area (Å²) in [5.41, 5.74) is 4.06. The van der Waals surface area contributed by atoms with Crippen LogP contribution in [0.3, 0.4) is 0 Å². The highest BCUT2D eigenvalue weighted by Crippen LogP contribution is 2.35. The van der Waals surface area contributed by atoms with Crippen LogP contribution in [0.15, 0.2) is 66.2 Å². The molecule has 162 valence electrons. The molecule has 2 aromatic rings. The molecule has 0 aliphatic heterocycles. The van der Waals surface area contributed by atoms with E-state index in [1.165, 1.54) is 23.1 Å². The van der Waals surface area contributed by atoms with Crippen molar-refractivity contribution in [1.82, 2.24) is 0 Å². The normalized spacial score (nSPS) is 14.1. The quantitative estimate of drug-likeness (QED) is 0.412. The number of halogens is 1. The van der Waals surface area contributed by atoms with E-state index in [4.69, 9.17) is 11.6 Å². The SMILES string of the molecule is C/C=C(\C(C)c1cccc(Cl)c1)[C@H](C)c1ccccc1.CC.CCC(C)C(C)C. The molecule has 0 heterocycles. The average molecular weight is 415 g/mol. The van der Waals surface area contributed by atoms with Gasteiger partial charge in [-0.2, -0.15) is 0 Å². The maximum absolute atomic E-state index is 6.11. The topological polar surface area (TPSA) is 0 Å². The molecule has 0 fully saturated rings. The predicted octanol–water partition coefficient (Wildman–Crippen LogP) is 9.91. The van der Waals surface area contributed by atoms with E-state index < -0.39 is 0 Å². The Bertz CT molecular complexity index is 684. The number of benzene rings is 2. The molecule has 2 unspecified atom stereocenters. The Hall–Kier alpha value is -1.53. The zero-order valence-corrected chi connectivity index (χ0v) is 20.9. The van der Waals surface area contributed by atoms with Crippen molar-refractivity contribution in [2.75, 3.05) is 0 Å². The van der Waals surface area contributed by atoms with E-state index in [0.29, 0.717) is 11.8 Å². The van der Waals surface area contributed by atoms with Crippen LogP contribution >= 0.6 is 11.6 Å². The molecular formula is C28H43Cl. The summed E-state index contributed by atoms with van der Waals surface area (Å²) in [6, 6.07) is 18.8. The Morgan fingerprint density at radius 1 is 0.828 bits per heavy atom. The van der Waals surface area contributed by atoms with Crippen LogP contribution in [0, 0.1) is 11.8 Å². The van der Waals surface area contributed by atoms with Crippen molar-refractivity contribution in [1.29, 1.82) is 0 Å². The van der Waals surface area contributed by atoms with Gasteiger partial charge in [0, 0.05) is 16.9 Å². The second kappa shape index (κ2) is 15.3. The van der Waals surface area contributed by atoms with Crippen LogP contribution in [0.4, 0.5) is 0 Å². The first kappa shape index (κ1) is 27.5. The van der Waals surface area contributed by atoms with Crippen LogP contribution in [0.1, 0.15) is 91.7 Å². The second-order valence-corrected chi connectivity index (χ2v) is 8.26. The highest BCUT2D eigenvalue weighted by molar-refractivity contribution is 6.30.